The Kier molecular flexibility index (Phi) is 5.47. The predicted molar refractivity (Wildman–Crippen MR) is 93.6 cm³/mol. The summed E-state index contributed by atoms with van der Waals surface area (Å²) in [6, 6.07) is 12.7. The zero-order chi connectivity index (χ0) is 19.2. The number of benzene rings is 2. The number of nitrogens with zero attached hydrogens (tertiary/aromatic N) is 2. The molecule has 3 rings (SSSR count). The van der Waals surface area contributed by atoms with E-state index >= 15 is 0 Å². The largest absolute Gasteiger partial charge is 0.493 e. The van der Waals surface area contributed by atoms with Crippen LogP contribution in [0.3, 0.4) is 0 Å². The monoisotopic (exact) mass is 366 g/mol. The molecule has 0 radical (unpaired) electrons. The Hall–Kier alpha value is -3.66. The van der Waals surface area contributed by atoms with Gasteiger partial charge in [-0.25, -0.2) is 9.37 Å². The molecular formula is C20H15FN2O4. The molecule has 27 heavy (non-hydrogen) atoms. The Bertz CT molecular complexity index is 1010. The number of carbonyl (C=O) groups excluding carboxylic acids is 1. The molecule has 1 aromatic heterocycles. The average molecular weight is 366 g/mol. The van der Waals surface area contributed by atoms with Crippen molar-refractivity contribution >= 4 is 5.97 Å². The highest BCUT2D eigenvalue weighted by Crippen LogP contribution is 2.28. The van der Waals surface area contributed by atoms with Crippen LogP contribution in [0.25, 0.3) is 11.3 Å². The van der Waals surface area contributed by atoms with Gasteiger partial charge in [0.2, 0.25) is 0 Å². The highest BCUT2D eigenvalue weighted by Gasteiger charge is 2.14. The molecule has 2 aromatic carbocycles. The summed E-state index contributed by atoms with van der Waals surface area (Å²) in [4.78, 5) is 16.1. The molecule has 0 aliphatic heterocycles. The van der Waals surface area contributed by atoms with Crippen LogP contribution in [0, 0.1) is 17.1 Å². The maximum absolute atomic E-state index is 13.8. The molecule has 0 aliphatic carbocycles. The SMILES string of the molecule is COc1cc(C#N)ccc1OC(=O)CCc1ncc(-c2ccccc2F)o1. The normalized spacial score (nSPS) is 10.3. The van der Waals surface area contributed by atoms with Crippen LogP contribution in [0.4, 0.5) is 4.39 Å². The van der Waals surface area contributed by atoms with Gasteiger partial charge >= 0.3 is 5.97 Å². The van der Waals surface area contributed by atoms with Crippen LogP contribution < -0.4 is 9.47 Å². The van der Waals surface area contributed by atoms with Gasteiger partial charge in [-0.1, -0.05) is 12.1 Å². The first-order chi connectivity index (χ1) is 13.1. The van der Waals surface area contributed by atoms with E-state index in [-0.39, 0.29) is 18.6 Å². The molecule has 0 spiro atoms. The molecule has 0 saturated carbocycles. The number of ether oxygens (including phenoxy) is 2. The van der Waals surface area contributed by atoms with Crippen molar-refractivity contribution in [3.05, 3.63) is 65.9 Å². The van der Waals surface area contributed by atoms with E-state index < -0.39 is 11.8 Å². The lowest BCUT2D eigenvalue weighted by Crippen LogP contribution is -2.10. The summed E-state index contributed by atoms with van der Waals surface area (Å²) in [7, 11) is 1.42. The van der Waals surface area contributed by atoms with Crippen LogP contribution in [-0.2, 0) is 11.2 Å². The highest BCUT2D eigenvalue weighted by molar-refractivity contribution is 5.73. The molecule has 0 saturated heterocycles. The maximum atomic E-state index is 13.8. The van der Waals surface area contributed by atoms with Gasteiger partial charge in [0.05, 0.1) is 36.9 Å². The molecule has 0 N–H and O–H groups in total. The molecule has 0 amide bonds. The quantitative estimate of drug-likeness (QED) is 0.486. The number of nitriles is 1. The molecule has 0 fully saturated rings. The molecule has 6 nitrogen and oxygen atoms in total. The van der Waals surface area contributed by atoms with Crippen molar-refractivity contribution in [3.8, 4) is 28.9 Å². The number of carbonyl (C=O) groups is 1. The minimum Gasteiger partial charge on any atom is -0.493 e. The molecule has 136 valence electrons. The van der Waals surface area contributed by atoms with Gasteiger partial charge in [-0.2, -0.15) is 5.26 Å². The Labute approximate surface area is 154 Å². The van der Waals surface area contributed by atoms with Crippen molar-refractivity contribution in [1.82, 2.24) is 4.98 Å². The number of aromatic nitrogens is 1. The number of hydrogen-bond acceptors (Lipinski definition) is 6. The molecule has 0 unspecified atom stereocenters. The van der Waals surface area contributed by atoms with Crippen molar-refractivity contribution in [3.63, 3.8) is 0 Å². The molecule has 0 atom stereocenters. The van der Waals surface area contributed by atoms with Crippen LogP contribution in [0.5, 0.6) is 11.5 Å². The van der Waals surface area contributed by atoms with Gasteiger partial charge in [-0.3, -0.25) is 4.79 Å². The van der Waals surface area contributed by atoms with Crippen molar-refractivity contribution in [2.75, 3.05) is 7.11 Å². The minimum atomic E-state index is -0.511. The smallest absolute Gasteiger partial charge is 0.311 e. The number of aryl methyl sites for hydroxylation is 1. The number of hydrogen-bond donors (Lipinski definition) is 0. The topological polar surface area (TPSA) is 85.4 Å². The lowest BCUT2D eigenvalue weighted by molar-refractivity contribution is -0.134. The summed E-state index contributed by atoms with van der Waals surface area (Å²) in [5, 5.41) is 8.89. The van der Waals surface area contributed by atoms with E-state index in [2.05, 4.69) is 4.98 Å². The van der Waals surface area contributed by atoms with Crippen molar-refractivity contribution < 1.29 is 23.1 Å². The predicted octanol–water partition coefficient (Wildman–Crippen LogP) is 3.90. The van der Waals surface area contributed by atoms with Gasteiger partial charge in [0.15, 0.2) is 23.1 Å². The molecule has 0 bridgehead atoms. The van der Waals surface area contributed by atoms with Crippen molar-refractivity contribution in [2.45, 2.75) is 12.8 Å². The summed E-state index contributed by atoms with van der Waals surface area (Å²) in [6.07, 6.45) is 1.63. The molecule has 0 aliphatic rings. The van der Waals surface area contributed by atoms with E-state index in [0.29, 0.717) is 28.5 Å². The highest BCUT2D eigenvalue weighted by atomic mass is 19.1. The summed E-state index contributed by atoms with van der Waals surface area (Å²) in [5.74, 6) is 0.194. The number of rotatable bonds is 6. The fourth-order valence-corrected chi connectivity index (χ4v) is 2.42. The fourth-order valence-electron chi connectivity index (χ4n) is 2.42. The number of esters is 1. The third-order valence-electron chi connectivity index (χ3n) is 3.75. The lowest BCUT2D eigenvalue weighted by Gasteiger charge is -2.08. The fraction of sp³-hybridized carbons (Fsp3) is 0.150. The summed E-state index contributed by atoms with van der Waals surface area (Å²) in [5.41, 5.74) is 0.702. The Morgan fingerprint density at radius 1 is 1.26 bits per heavy atom. The van der Waals surface area contributed by atoms with Crippen LogP contribution in [0.2, 0.25) is 0 Å². The minimum absolute atomic E-state index is 0.0143. The number of methoxy groups -OCH3 is 1. The molecule has 1 heterocycles. The number of halogens is 1. The van der Waals surface area contributed by atoms with Gasteiger partial charge in [0, 0.05) is 12.5 Å². The Morgan fingerprint density at radius 3 is 2.81 bits per heavy atom. The zero-order valence-corrected chi connectivity index (χ0v) is 14.4. The van der Waals surface area contributed by atoms with Gasteiger partial charge in [0.1, 0.15) is 5.82 Å². The van der Waals surface area contributed by atoms with Gasteiger partial charge in [0.25, 0.3) is 0 Å². The van der Waals surface area contributed by atoms with Crippen LogP contribution >= 0.6 is 0 Å². The second-order valence-electron chi connectivity index (χ2n) is 5.55. The second-order valence-corrected chi connectivity index (χ2v) is 5.55. The van der Waals surface area contributed by atoms with E-state index in [0.717, 1.165) is 0 Å². The maximum Gasteiger partial charge on any atom is 0.311 e. The summed E-state index contributed by atoms with van der Waals surface area (Å²) in [6.45, 7) is 0. The Morgan fingerprint density at radius 2 is 2.07 bits per heavy atom. The van der Waals surface area contributed by atoms with E-state index in [1.165, 1.54) is 37.6 Å². The standard InChI is InChI=1S/C20H15FN2O4/c1-25-17-10-13(11-22)6-7-16(17)27-20(24)9-8-19-23-12-18(26-19)14-4-2-3-5-15(14)21/h2-7,10,12H,8-9H2,1H3. The molecule has 7 heteroatoms. The summed E-state index contributed by atoms with van der Waals surface area (Å²) < 4.78 is 29.7. The first kappa shape index (κ1) is 18.1. The van der Waals surface area contributed by atoms with E-state index in [9.17, 15) is 9.18 Å². The third kappa shape index (κ3) is 4.30. The molecular weight excluding hydrogens is 351 g/mol. The lowest BCUT2D eigenvalue weighted by atomic mass is 10.2. The van der Waals surface area contributed by atoms with E-state index in [4.69, 9.17) is 19.2 Å². The van der Waals surface area contributed by atoms with Crippen molar-refractivity contribution in [1.29, 1.82) is 5.26 Å². The third-order valence-corrected chi connectivity index (χ3v) is 3.75. The first-order valence-corrected chi connectivity index (χ1v) is 8.09. The Balaban J connectivity index is 1.62. The van der Waals surface area contributed by atoms with Gasteiger partial charge in [-0.15, -0.1) is 0 Å². The van der Waals surface area contributed by atoms with Crippen LogP contribution in [0.15, 0.2) is 53.1 Å². The van der Waals surface area contributed by atoms with E-state index in [1.54, 1.807) is 18.2 Å². The summed E-state index contributed by atoms with van der Waals surface area (Å²) >= 11 is 0. The van der Waals surface area contributed by atoms with Crippen LogP contribution in [0.1, 0.15) is 17.9 Å². The first-order valence-electron chi connectivity index (χ1n) is 8.09. The zero-order valence-electron chi connectivity index (χ0n) is 14.4. The van der Waals surface area contributed by atoms with Crippen molar-refractivity contribution in [2.24, 2.45) is 0 Å². The van der Waals surface area contributed by atoms with Gasteiger partial charge in [-0.05, 0) is 24.3 Å². The van der Waals surface area contributed by atoms with Crippen LogP contribution in [-0.4, -0.2) is 18.1 Å². The second kappa shape index (κ2) is 8.15. The van der Waals surface area contributed by atoms with E-state index in [1.807, 2.05) is 6.07 Å². The van der Waals surface area contributed by atoms with Gasteiger partial charge < -0.3 is 13.9 Å². The number of oxazole rings is 1. The molecule has 3 aromatic rings. The average Bonchev–Trinajstić information content (AvgIpc) is 3.16.